The molecular formula is C21H24O5. The van der Waals surface area contributed by atoms with Gasteiger partial charge in [0.2, 0.25) is 0 Å². The molecule has 1 unspecified atom stereocenters. The predicted molar refractivity (Wildman–Crippen MR) is 100.0 cm³/mol. The van der Waals surface area contributed by atoms with Gasteiger partial charge in [0.1, 0.15) is 17.1 Å². The summed E-state index contributed by atoms with van der Waals surface area (Å²) in [7, 11) is 1.45. The summed E-state index contributed by atoms with van der Waals surface area (Å²) in [6, 6.07) is 11.3. The molecule has 0 saturated carbocycles. The normalized spacial score (nSPS) is 11.8. The lowest BCUT2D eigenvalue weighted by atomic mass is 9.93. The van der Waals surface area contributed by atoms with E-state index in [1.807, 2.05) is 30.3 Å². The largest absolute Gasteiger partial charge is 0.507 e. The Bertz CT molecular complexity index is 796. The van der Waals surface area contributed by atoms with Crippen molar-refractivity contribution in [2.24, 2.45) is 0 Å². The fourth-order valence-corrected chi connectivity index (χ4v) is 2.84. The van der Waals surface area contributed by atoms with Crippen LogP contribution in [-0.4, -0.2) is 34.5 Å². The molecule has 138 valence electrons. The molecule has 0 spiro atoms. The van der Waals surface area contributed by atoms with Gasteiger partial charge in [-0.2, -0.15) is 0 Å². The third-order valence-corrected chi connectivity index (χ3v) is 4.37. The van der Waals surface area contributed by atoms with Gasteiger partial charge in [0, 0.05) is 12.0 Å². The van der Waals surface area contributed by atoms with E-state index in [1.165, 1.54) is 7.11 Å². The number of carboxylic acid groups (broad SMARTS) is 1. The predicted octanol–water partition coefficient (Wildman–Crippen LogP) is 3.36. The van der Waals surface area contributed by atoms with E-state index in [9.17, 15) is 20.1 Å². The number of hydrogen-bond donors (Lipinski definition) is 3. The van der Waals surface area contributed by atoms with E-state index in [-0.39, 0.29) is 23.3 Å². The number of aliphatic hydroxyl groups excluding tert-OH is 1. The molecule has 2 aromatic rings. The molecule has 0 aliphatic rings. The summed E-state index contributed by atoms with van der Waals surface area (Å²) in [6.45, 7) is 5.35. The van der Waals surface area contributed by atoms with E-state index in [2.05, 4.69) is 6.58 Å². The first-order chi connectivity index (χ1) is 12.3. The Morgan fingerprint density at radius 3 is 2.42 bits per heavy atom. The summed E-state index contributed by atoms with van der Waals surface area (Å²) >= 11 is 0. The van der Waals surface area contributed by atoms with Crippen molar-refractivity contribution in [2.45, 2.75) is 32.3 Å². The van der Waals surface area contributed by atoms with Gasteiger partial charge in [-0.15, -0.1) is 0 Å². The van der Waals surface area contributed by atoms with Crippen molar-refractivity contribution in [3.05, 3.63) is 70.8 Å². The number of phenols is 1. The highest BCUT2D eigenvalue weighted by molar-refractivity contribution is 5.93. The van der Waals surface area contributed by atoms with Crippen molar-refractivity contribution >= 4 is 5.97 Å². The third-order valence-electron chi connectivity index (χ3n) is 4.37. The number of aryl methyl sites for hydroxylation is 2. The molecule has 0 amide bonds. The lowest BCUT2D eigenvalue weighted by molar-refractivity contribution is 0.0692. The third kappa shape index (κ3) is 4.43. The number of rotatable bonds is 8. The van der Waals surface area contributed by atoms with Crippen LogP contribution in [0.1, 0.15) is 34.0 Å². The number of benzene rings is 2. The van der Waals surface area contributed by atoms with Gasteiger partial charge in [0.15, 0.2) is 0 Å². The zero-order chi connectivity index (χ0) is 19.3. The quantitative estimate of drug-likeness (QED) is 0.631. The molecule has 5 nitrogen and oxygen atoms in total. The van der Waals surface area contributed by atoms with Crippen LogP contribution in [0.15, 0.2) is 48.6 Å². The standard InChI is InChI=1S/C21H24O5/c1-13(2)17(22)12-16-18(26-3)11-15(19(20(16)23)21(24)25)10-9-14-7-5-4-6-8-14/h4-8,11,17,22-23H,1,9-10,12H2,2-3H3,(H,24,25). The van der Waals surface area contributed by atoms with Gasteiger partial charge in [-0.25, -0.2) is 4.79 Å². The number of ether oxygens (including phenoxy) is 1. The number of carbonyl (C=O) groups is 1. The molecule has 0 fully saturated rings. The first kappa shape index (κ1) is 19.5. The second kappa shape index (κ2) is 8.54. The highest BCUT2D eigenvalue weighted by Crippen LogP contribution is 2.36. The zero-order valence-corrected chi connectivity index (χ0v) is 15.0. The molecule has 0 aliphatic carbocycles. The second-order valence-electron chi connectivity index (χ2n) is 6.30. The number of aliphatic hydroxyl groups is 1. The van der Waals surface area contributed by atoms with Crippen LogP contribution in [0.25, 0.3) is 0 Å². The van der Waals surface area contributed by atoms with Gasteiger partial charge in [0.05, 0.1) is 13.2 Å². The molecule has 5 heteroatoms. The Morgan fingerprint density at radius 1 is 1.23 bits per heavy atom. The van der Waals surface area contributed by atoms with E-state index < -0.39 is 12.1 Å². The van der Waals surface area contributed by atoms with E-state index in [4.69, 9.17) is 4.74 Å². The van der Waals surface area contributed by atoms with Crippen molar-refractivity contribution in [2.75, 3.05) is 7.11 Å². The first-order valence-electron chi connectivity index (χ1n) is 8.37. The lowest BCUT2D eigenvalue weighted by Crippen LogP contribution is -2.14. The minimum atomic E-state index is -1.21. The summed E-state index contributed by atoms with van der Waals surface area (Å²) in [4.78, 5) is 11.7. The summed E-state index contributed by atoms with van der Waals surface area (Å²) in [6.07, 6.45) is 0.214. The molecular weight excluding hydrogens is 332 g/mol. The number of aromatic hydroxyl groups is 1. The molecule has 26 heavy (non-hydrogen) atoms. The molecule has 3 N–H and O–H groups in total. The van der Waals surface area contributed by atoms with Gasteiger partial charge >= 0.3 is 5.97 Å². The lowest BCUT2D eigenvalue weighted by Gasteiger charge is -2.19. The Morgan fingerprint density at radius 2 is 1.88 bits per heavy atom. The van der Waals surface area contributed by atoms with Crippen molar-refractivity contribution in [3.8, 4) is 11.5 Å². The van der Waals surface area contributed by atoms with Gasteiger partial charge in [-0.3, -0.25) is 0 Å². The van der Waals surface area contributed by atoms with Crippen molar-refractivity contribution in [1.82, 2.24) is 0 Å². The molecule has 0 aromatic heterocycles. The van der Waals surface area contributed by atoms with Crippen LogP contribution < -0.4 is 4.74 Å². The van der Waals surface area contributed by atoms with Crippen LogP contribution in [0.3, 0.4) is 0 Å². The van der Waals surface area contributed by atoms with Crippen LogP contribution in [0.5, 0.6) is 11.5 Å². The molecule has 0 radical (unpaired) electrons. The van der Waals surface area contributed by atoms with Crippen LogP contribution >= 0.6 is 0 Å². The highest BCUT2D eigenvalue weighted by atomic mass is 16.5. The Balaban J connectivity index is 2.43. The maximum absolute atomic E-state index is 11.7. The first-order valence-corrected chi connectivity index (χ1v) is 8.37. The van der Waals surface area contributed by atoms with Gasteiger partial charge in [-0.1, -0.05) is 42.5 Å². The van der Waals surface area contributed by atoms with Crippen LogP contribution in [0.2, 0.25) is 0 Å². The van der Waals surface area contributed by atoms with Gasteiger partial charge < -0.3 is 20.1 Å². The number of hydrogen-bond acceptors (Lipinski definition) is 4. The van der Waals surface area contributed by atoms with Crippen LogP contribution in [-0.2, 0) is 19.3 Å². The molecule has 2 rings (SSSR count). The monoisotopic (exact) mass is 356 g/mol. The fourth-order valence-electron chi connectivity index (χ4n) is 2.84. The molecule has 2 aromatic carbocycles. The van der Waals surface area contributed by atoms with E-state index in [0.717, 1.165) is 5.56 Å². The average molecular weight is 356 g/mol. The fraction of sp³-hybridized carbons (Fsp3) is 0.286. The molecule has 0 heterocycles. The number of carboxylic acids is 1. The summed E-state index contributed by atoms with van der Waals surface area (Å²) in [5.74, 6) is -1.21. The van der Waals surface area contributed by atoms with Crippen molar-refractivity contribution in [1.29, 1.82) is 0 Å². The second-order valence-corrected chi connectivity index (χ2v) is 6.30. The highest BCUT2D eigenvalue weighted by Gasteiger charge is 2.24. The molecule has 0 saturated heterocycles. The topological polar surface area (TPSA) is 87.0 Å². The van der Waals surface area contributed by atoms with Crippen LogP contribution in [0, 0.1) is 0 Å². The Hall–Kier alpha value is -2.79. The maximum Gasteiger partial charge on any atom is 0.339 e. The smallest absolute Gasteiger partial charge is 0.339 e. The SMILES string of the molecule is C=C(C)C(O)Cc1c(OC)cc(CCc2ccccc2)c(C(=O)O)c1O. The number of aromatic carboxylic acids is 1. The molecule has 0 bridgehead atoms. The maximum atomic E-state index is 11.7. The Kier molecular flexibility index (Phi) is 6.41. The molecule has 0 aliphatic heterocycles. The Labute approximate surface area is 153 Å². The summed E-state index contributed by atoms with van der Waals surface area (Å²) in [5, 5.41) is 30.2. The minimum absolute atomic E-state index is 0.0313. The minimum Gasteiger partial charge on any atom is -0.507 e. The number of methoxy groups -OCH3 is 1. The zero-order valence-electron chi connectivity index (χ0n) is 15.0. The van der Waals surface area contributed by atoms with Gasteiger partial charge in [0.25, 0.3) is 0 Å². The summed E-state index contributed by atoms with van der Waals surface area (Å²) < 4.78 is 5.34. The summed E-state index contributed by atoms with van der Waals surface area (Å²) in [5.41, 5.74) is 2.21. The van der Waals surface area contributed by atoms with Crippen LogP contribution in [0.4, 0.5) is 0 Å². The van der Waals surface area contributed by atoms with Crippen molar-refractivity contribution < 1.29 is 24.9 Å². The molecule has 1 atom stereocenters. The van der Waals surface area contributed by atoms with E-state index in [0.29, 0.717) is 29.7 Å². The van der Waals surface area contributed by atoms with Gasteiger partial charge in [-0.05, 0) is 37.0 Å². The average Bonchev–Trinajstić information content (AvgIpc) is 2.61. The van der Waals surface area contributed by atoms with Crippen molar-refractivity contribution in [3.63, 3.8) is 0 Å². The van der Waals surface area contributed by atoms with E-state index >= 15 is 0 Å². The van der Waals surface area contributed by atoms with E-state index in [1.54, 1.807) is 13.0 Å².